The summed E-state index contributed by atoms with van der Waals surface area (Å²) in [4.78, 5) is 10.7. The van der Waals surface area contributed by atoms with Gasteiger partial charge in [-0.15, -0.1) is 0 Å². The largest absolute Gasteiger partial charge is 0.416 e. The number of alkyl halides is 3. The van der Waals surface area contributed by atoms with E-state index in [1.165, 1.54) is 37.7 Å². The van der Waals surface area contributed by atoms with E-state index in [0.29, 0.717) is 12.2 Å². The molecule has 104 valence electrons. The first-order valence-electron chi connectivity index (χ1n) is 5.78. The molecule has 0 unspecified atom stereocenters. The van der Waals surface area contributed by atoms with Crippen LogP contribution in [0.3, 0.4) is 0 Å². The van der Waals surface area contributed by atoms with Crippen LogP contribution in [-0.2, 0) is 11.0 Å². The highest BCUT2D eigenvalue weighted by Gasteiger charge is 2.31. The molecule has 0 atom stereocenters. The van der Waals surface area contributed by atoms with Crippen molar-refractivity contribution in [2.24, 2.45) is 0 Å². The first-order valence-corrected chi connectivity index (χ1v) is 6.77. The molecule has 0 fully saturated rings. The number of thioether (sulfide) groups is 1. The van der Waals surface area contributed by atoms with Crippen molar-refractivity contribution in [2.45, 2.75) is 26.4 Å². The minimum Gasteiger partial charge on any atom is -0.288 e. The molecule has 0 saturated carbocycles. The molecule has 0 saturated heterocycles. The van der Waals surface area contributed by atoms with Gasteiger partial charge in [0.25, 0.3) is 0 Å². The van der Waals surface area contributed by atoms with Gasteiger partial charge in [0, 0.05) is 12.7 Å². The maximum absolute atomic E-state index is 12.6. The van der Waals surface area contributed by atoms with E-state index in [9.17, 15) is 18.0 Å². The Bertz CT molecular complexity index is 478. The van der Waals surface area contributed by atoms with E-state index < -0.39 is 11.7 Å². The van der Waals surface area contributed by atoms with Crippen LogP contribution in [0.4, 0.5) is 13.2 Å². The third-order valence-electron chi connectivity index (χ3n) is 2.46. The topological polar surface area (TPSA) is 17.1 Å². The second-order valence-electron chi connectivity index (χ2n) is 4.10. The van der Waals surface area contributed by atoms with Crippen LogP contribution < -0.4 is 0 Å². The van der Waals surface area contributed by atoms with Gasteiger partial charge in [0.05, 0.1) is 5.56 Å². The number of hydrogen-bond donors (Lipinski definition) is 0. The summed E-state index contributed by atoms with van der Waals surface area (Å²) in [5.41, 5.74) is 0.350. The van der Waals surface area contributed by atoms with Crippen molar-refractivity contribution in [2.75, 3.05) is 5.75 Å². The summed E-state index contributed by atoms with van der Waals surface area (Å²) >= 11 is 1.24. The van der Waals surface area contributed by atoms with Crippen LogP contribution in [0.15, 0.2) is 24.3 Å². The monoisotopic (exact) mass is 288 g/mol. The average molecular weight is 288 g/mol. The number of carbonyl (C=O) groups is 1. The normalized spacial score (nSPS) is 12.1. The second kappa shape index (κ2) is 6.80. The molecule has 1 rings (SSSR count). The van der Waals surface area contributed by atoms with Gasteiger partial charge in [-0.05, 0) is 30.5 Å². The number of halogens is 3. The molecule has 0 aliphatic heterocycles. The number of rotatable bonds is 4. The zero-order valence-electron chi connectivity index (χ0n) is 10.8. The highest BCUT2D eigenvalue weighted by molar-refractivity contribution is 8.13. The number of aryl methyl sites for hydroxylation is 1. The lowest BCUT2D eigenvalue weighted by molar-refractivity contribution is -0.138. The van der Waals surface area contributed by atoms with Crippen LogP contribution >= 0.6 is 11.8 Å². The van der Waals surface area contributed by atoms with E-state index in [0.717, 1.165) is 11.6 Å². The number of allylic oxidation sites excluding steroid dienone is 1. The van der Waals surface area contributed by atoms with Gasteiger partial charge in [-0.2, -0.15) is 13.2 Å². The molecule has 0 spiro atoms. The lowest BCUT2D eigenvalue weighted by Gasteiger charge is -2.10. The molecule has 0 bridgehead atoms. The standard InChI is InChI=1S/C14H15F3OS/c1-10-9-12(5-3-4-8-19-11(2)18)6-7-13(10)14(15,16)17/h3,5-7,9H,4,8H2,1-2H3. The summed E-state index contributed by atoms with van der Waals surface area (Å²) in [6.07, 6.45) is 0.0423. The van der Waals surface area contributed by atoms with Crippen molar-refractivity contribution in [3.63, 3.8) is 0 Å². The van der Waals surface area contributed by atoms with Crippen molar-refractivity contribution < 1.29 is 18.0 Å². The average Bonchev–Trinajstić information content (AvgIpc) is 2.26. The molecular weight excluding hydrogens is 273 g/mol. The summed E-state index contributed by atoms with van der Waals surface area (Å²) in [6, 6.07) is 4.06. The highest BCUT2D eigenvalue weighted by Crippen LogP contribution is 2.32. The third kappa shape index (κ3) is 5.51. The molecular formula is C14H15F3OS. The fourth-order valence-electron chi connectivity index (χ4n) is 1.60. The number of benzene rings is 1. The van der Waals surface area contributed by atoms with E-state index in [1.807, 2.05) is 6.08 Å². The maximum atomic E-state index is 12.6. The van der Waals surface area contributed by atoms with Gasteiger partial charge in [-0.25, -0.2) is 0 Å². The van der Waals surface area contributed by atoms with E-state index in [2.05, 4.69) is 0 Å². The molecule has 0 aliphatic carbocycles. The van der Waals surface area contributed by atoms with Crippen LogP contribution in [0.25, 0.3) is 6.08 Å². The van der Waals surface area contributed by atoms with E-state index in [-0.39, 0.29) is 10.7 Å². The van der Waals surface area contributed by atoms with Gasteiger partial charge < -0.3 is 0 Å². The number of carbonyl (C=O) groups excluding carboxylic acids is 1. The smallest absolute Gasteiger partial charge is 0.288 e. The fourth-order valence-corrected chi connectivity index (χ4v) is 2.14. The molecule has 0 radical (unpaired) electrons. The van der Waals surface area contributed by atoms with Gasteiger partial charge in [-0.1, -0.05) is 36.0 Å². The fraction of sp³-hybridized carbons (Fsp3) is 0.357. The van der Waals surface area contributed by atoms with Gasteiger partial charge in [0.15, 0.2) is 5.12 Å². The van der Waals surface area contributed by atoms with Crippen LogP contribution in [0.5, 0.6) is 0 Å². The van der Waals surface area contributed by atoms with Crippen LogP contribution in [0, 0.1) is 6.92 Å². The van der Waals surface area contributed by atoms with Crippen molar-refractivity contribution in [3.8, 4) is 0 Å². The molecule has 5 heteroatoms. The Hall–Kier alpha value is -1.23. The molecule has 0 aromatic heterocycles. The Morgan fingerprint density at radius 3 is 2.58 bits per heavy atom. The summed E-state index contributed by atoms with van der Waals surface area (Å²) < 4.78 is 37.7. The molecule has 1 aromatic carbocycles. The molecule has 1 nitrogen and oxygen atoms in total. The van der Waals surface area contributed by atoms with Crippen LogP contribution in [-0.4, -0.2) is 10.9 Å². The van der Waals surface area contributed by atoms with Gasteiger partial charge >= 0.3 is 6.18 Å². The summed E-state index contributed by atoms with van der Waals surface area (Å²) in [5, 5.41) is 0.0683. The first-order chi connectivity index (χ1) is 8.80. The van der Waals surface area contributed by atoms with E-state index in [1.54, 1.807) is 6.08 Å². The minimum atomic E-state index is -4.30. The first kappa shape index (κ1) is 15.8. The quantitative estimate of drug-likeness (QED) is 0.747. The van der Waals surface area contributed by atoms with Gasteiger partial charge in [-0.3, -0.25) is 4.79 Å². The Kier molecular flexibility index (Phi) is 5.66. The SMILES string of the molecule is CC(=O)SCCC=Cc1ccc(C(F)(F)F)c(C)c1. The van der Waals surface area contributed by atoms with Gasteiger partial charge in [0.1, 0.15) is 0 Å². The van der Waals surface area contributed by atoms with Crippen molar-refractivity contribution in [1.82, 2.24) is 0 Å². The van der Waals surface area contributed by atoms with E-state index in [4.69, 9.17) is 0 Å². The lowest BCUT2D eigenvalue weighted by Crippen LogP contribution is -2.07. The lowest BCUT2D eigenvalue weighted by atomic mass is 10.0. The second-order valence-corrected chi connectivity index (χ2v) is 5.38. The number of hydrogen-bond acceptors (Lipinski definition) is 2. The predicted molar refractivity (Wildman–Crippen MR) is 73.0 cm³/mol. The molecule has 19 heavy (non-hydrogen) atoms. The molecule has 1 aromatic rings. The Morgan fingerprint density at radius 1 is 1.37 bits per heavy atom. The summed E-state index contributed by atoms with van der Waals surface area (Å²) in [5.74, 6) is 0.686. The minimum absolute atomic E-state index is 0.0683. The zero-order chi connectivity index (χ0) is 14.5. The van der Waals surface area contributed by atoms with Crippen LogP contribution in [0.1, 0.15) is 30.0 Å². The van der Waals surface area contributed by atoms with Crippen LogP contribution in [0.2, 0.25) is 0 Å². The summed E-state index contributed by atoms with van der Waals surface area (Å²) in [7, 11) is 0. The highest BCUT2D eigenvalue weighted by atomic mass is 32.2. The molecule has 0 N–H and O–H groups in total. The van der Waals surface area contributed by atoms with Crippen molar-refractivity contribution in [1.29, 1.82) is 0 Å². The third-order valence-corrected chi connectivity index (χ3v) is 3.30. The van der Waals surface area contributed by atoms with Gasteiger partial charge in [0.2, 0.25) is 0 Å². The molecule has 0 amide bonds. The van der Waals surface area contributed by atoms with E-state index >= 15 is 0 Å². The predicted octanol–water partition coefficient (Wildman–Crippen LogP) is 4.70. The Morgan fingerprint density at radius 2 is 2.05 bits per heavy atom. The maximum Gasteiger partial charge on any atom is 0.416 e. The molecule has 0 heterocycles. The Labute approximate surface area is 114 Å². The Balaban J connectivity index is 2.64. The zero-order valence-corrected chi connectivity index (χ0v) is 11.6. The van der Waals surface area contributed by atoms with Crippen molar-refractivity contribution >= 4 is 23.0 Å². The molecule has 0 aliphatic rings. The van der Waals surface area contributed by atoms with Crippen molar-refractivity contribution in [3.05, 3.63) is 41.0 Å². The summed E-state index contributed by atoms with van der Waals surface area (Å²) in [6.45, 7) is 2.96.